The number of nitrogens with zero attached hydrogens (tertiary/aromatic N) is 3. The molecule has 0 bridgehead atoms. The summed E-state index contributed by atoms with van der Waals surface area (Å²) < 4.78 is 38.5. The third kappa shape index (κ3) is 5.55. The van der Waals surface area contributed by atoms with Gasteiger partial charge in [-0.15, -0.1) is 17.9 Å². The highest BCUT2D eigenvalue weighted by atomic mass is 32.2. The van der Waals surface area contributed by atoms with Gasteiger partial charge in [0.05, 0.1) is 27.7 Å². The van der Waals surface area contributed by atoms with Crippen molar-refractivity contribution in [2.24, 2.45) is 5.92 Å². The van der Waals surface area contributed by atoms with E-state index in [1.807, 2.05) is 35.7 Å². The fourth-order valence-corrected chi connectivity index (χ4v) is 7.98. The van der Waals surface area contributed by atoms with E-state index in [9.17, 15) is 27.6 Å². The van der Waals surface area contributed by atoms with Crippen LogP contribution in [-0.4, -0.2) is 89.2 Å². The van der Waals surface area contributed by atoms with Crippen molar-refractivity contribution in [3.63, 3.8) is 0 Å². The zero-order chi connectivity index (χ0) is 32.2. The van der Waals surface area contributed by atoms with Crippen LogP contribution in [0.2, 0.25) is 0 Å². The van der Waals surface area contributed by atoms with Crippen LogP contribution in [0.1, 0.15) is 25.7 Å². The standard InChI is InChI=1S/C30H30N6O8S2/c1-2-16-13-30(16,28(39)35-46(41,42)18-9-10-18)34-25(37)22-12-17(14-36(22)27(38)21-15-43-29(40)33-21)44-26-24(23-8-5-11-45-23)31-19-6-3-4-7-20(19)32-26/h2-8,11,16-18,21-22H,1,9-10,12-15H2,(H,33,40)(H,34,37)(H,35,39)/t16-,17-,21+,22+,30-/m1/s1. The number of carbonyl (C=O) groups excluding carboxylic acids is 4. The zero-order valence-corrected chi connectivity index (χ0v) is 26.0. The van der Waals surface area contributed by atoms with E-state index in [0.717, 1.165) is 4.88 Å². The molecule has 4 aliphatic rings. The highest BCUT2D eigenvalue weighted by Gasteiger charge is 2.62. The van der Waals surface area contributed by atoms with Gasteiger partial charge in [-0.2, -0.15) is 0 Å². The lowest BCUT2D eigenvalue weighted by Crippen LogP contribution is -2.58. The number of likely N-dealkylation sites (tertiary alicyclic amines) is 1. The van der Waals surface area contributed by atoms with Gasteiger partial charge in [0, 0.05) is 12.3 Å². The van der Waals surface area contributed by atoms with Crippen LogP contribution in [0.25, 0.3) is 21.6 Å². The fourth-order valence-electron chi connectivity index (χ4n) is 5.91. The molecule has 4 fully saturated rings. The average Bonchev–Trinajstić information content (AvgIpc) is 3.82. The van der Waals surface area contributed by atoms with Gasteiger partial charge < -0.3 is 25.0 Å². The van der Waals surface area contributed by atoms with Crippen molar-refractivity contribution in [2.75, 3.05) is 13.2 Å². The Hall–Kier alpha value is -4.57. The maximum absolute atomic E-state index is 13.9. The minimum absolute atomic E-state index is 0.0221. The van der Waals surface area contributed by atoms with E-state index in [2.05, 4.69) is 21.9 Å². The molecule has 46 heavy (non-hydrogen) atoms. The molecule has 2 saturated heterocycles. The summed E-state index contributed by atoms with van der Waals surface area (Å²) in [5.74, 6) is -2.36. The Balaban J connectivity index is 1.16. The Kier molecular flexibility index (Phi) is 7.43. The Morgan fingerprint density at radius 1 is 1.15 bits per heavy atom. The minimum atomic E-state index is -3.87. The van der Waals surface area contributed by atoms with Crippen LogP contribution in [-0.2, 0) is 29.1 Å². The minimum Gasteiger partial charge on any atom is -0.471 e. The van der Waals surface area contributed by atoms with E-state index >= 15 is 0 Å². The molecule has 0 radical (unpaired) electrons. The fraction of sp³-hybridized carbons (Fsp3) is 0.400. The smallest absolute Gasteiger partial charge is 0.407 e. The highest BCUT2D eigenvalue weighted by Crippen LogP contribution is 2.45. The molecule has 2 aliphatic carbocycles. The second kappa shape index (κ2) is 11.3. The Labute approximate surface area is 267 Å². The maximum atomic E-state index is 13.9. The molecule has 2 aliphatic heterocycles. The molecular weight excluding hydrogens is 636 g/mol. The zero-order valence-electron chi connectivity index (χ0n) is 24.4. The van der Waals surface area contributed by atoms with Crippen molar-refractivity contribution < 1.29 is 37.1 Å². The molecule has 0 spiro atoms. The lowest BCUT2D eigenvalue weighted by atomic mass is 10.1. The third-order valence-electron chi connectivity index (χ3n) is 8.64. The summed E-state index contributed by atoms with van der Waals surface area (Å²) in [6.07, 6.45) is 1.11. The van der Waals surface area contributed by atoms with Gasteiger partial charge in [-0.3, -0.25) is 19.1 Å². The number of thiophene rings is 1. The summed E-state index contributed by atoms with van der Waals surface area (Å²) in [5.41, 5.74) is 0.247. The molecule has 240 valence electrons. The van der Waals surface area contributed by atoms with Crippen molar-refractivity contribution >= 4 is 56.2 Å². The summed E-state index contributed by atoms with van der Waals surface area (Å²) in [4.78, 5) is 64.2. The number of amides is 4. The van der Waals surface area contributed by atoms with Crippen molar-refractivity contribution in [3.8, 4) is 16.5 Å². The summed E-state index contributed by atoms with van der Waals surface area (Å²) in [5, 5.41) is 6.46. The first-order chi connectivity index (χ1) is 22.1. The molecule has 5 atom stereocenters. The first-order valence-corrected chi connectivity index (χ1v) is 17.2. The van der Waals surface area contributed by atoms with Crippen LogP contribution in [0.4, 0.5) is 4.79 Å². The van der Waals surface area contributed by atoms with Crippen LogP contribution in [0.3, 0.4) is 0 Å². The number of aromatic nitrogens is 2. The number of rotatable bonds is 10. The quantitative estimate of drug-likeness (QED) is 0.268. The second-order valence-electron chi connectivity index (χ2n) is 11.8. The number of alkyl carbamates (subject to hydrolysis) is 1. The lowest BCUT2D eigenvalue weighted by Gasteiger charge is -2.27. The molecule has 4 heterocycles. The number of nitrogens with one attached hydrogen (secondary N) is 3. The molecule has 7 rings (SSSR count). The second-order valence-corrected chi connectivity index (χ2v) is 14.7. The van der Waals surface area contributed by atoms with Gasteiger partial charge in [-0.05, 0) is 42.8 Å². The Bertz CT molecular complexity index is 1860. The Morgan fingerprint density at radius 2 is 1.91 bits per heavy atom. The summed E-state index contributed by atoms with van der Waals surface area (Å²) >= 11 is 1.46. The number of carbonyl (C=O) groups is 4. The molecule has 2 aromatic heterocycles. The van der Waals surface area contributed by atoms with Crippen molar-refractivity contribution in [2.45, 2.75) is 54.7 Å². The van der Waals surface area contributed by atoms with Gasteiger partial charge in [0.25, 0.3) is 5.91 Å². The van der Waals surface area contributed by atoms with Crippen molar-refractivity contribution in [1.82, 2.24) is 30.2 Å². The molecule has 4 amide bonds. The number of hydrogen-bond donors (Lipinski definition) is 3. The SMILES string of the molecule is C=C[C@@H]1C[C@]1(NC(=O)[C@@H]1C[C@@H](Oc2nc3ccccc3nc2-c2cccs2)CN1C(=O)[C@@H]1COC(=O)N1)C(=O)NS(=O)(=O)C1CC1. The van der Waals surface area contributed by atoms with Gasteiger partial charge in [0.15, 0.2) is 0 Å². The molecule has 3 N–H and O–H groups in total. The van der Waals surface area contributed by atoms with E-state index in [-0.39, 0.29) is 31.9 Å². The van der Waals surface area contributed by atoms with E-state index in [4.69, 9.17) is 19.4 Å². The molecule has 16 heteroatoms. The van der Waals surface area contributed by atoms with Gasteiger partial charge in [-0.1, -0.05) is 24.3 Å². The van der Waals surface area contributed by atoms with Crippen LogP contribution in [0.15, 0.2) is 54.4 Å². The Morgan fingerprint density at radius 3 is 2.54 bits per heavy atom. The van der Waals surface area contributed by atoms with Crippen LogP contribution >= 0.6 is 11.3 Å². The maximum Gasteiger partial charge on any atom is 0.407 e. The average molecular weight is 667 g/mol. The number of ether oxygens (including phenoxy) is 2. The summed E-state index contributed by atoms with van der Waals surface area (Å²) in [6, 6.07) is 8.96. The van der Waals surface area contributed by atoms with Crippen molar-refractivity contribution in [1.29, 1.82) is 0 Å². The van der Waals surface area contributed by atoms with Gasteiger partial charge in [0.2, 0.25) is 27.7 Å². The van der Waals surface area contributed by atoms with Crippen LogP contribution < -0.4 is 20.1 Å². The van der Waals surface area contributed by atoms with E-state index in [1.165, 1.54) is 22.3 Å². The molecule has 1 aromatic carbocycles. The number of hydrogen-bond acceptors (Lipinski definition) is 11. The third-order valence-corrected chi connectivity index (χ3v) is 11.3. The van der Waals surface area contributed by atoms with Gasteiger partial charge in [0.1, 0.15) is 36.0 Å². The highest BCUT2D eigenvalue weighted by molar-refractivity contribution is 7.91. The van der Waals surface area contributed by atoms with E-state index in [1.54, 1.807) is 6.07 Å². The topological polar surface area (TPSA) is 186 Å². The molecule has 2 saturated carbocycles. The normalized spacial score (nSPS) is 27.0. The number of para-hydroxylation sites is 2. The first-order valence-electron chi connectivity index (χ1n) is 14.8. The molecule has 0 unspecified atom stereocenters. The van der Waals surface area contributed by atoms with Gasteiger partial charge >= 0.3 is 6.09 Å². The van der Waals surface area contributed by atoms with Gasteiger partial charge in [-0.25, -0.2) is 23.2 Å². The molecule has 14 nitrogen and oxygen atoms in total. The van der Waals surface area contributed by atoms with E-state index in [0.29, 0.717) is 29.6 Å². The summed E-state index contributed by atoms with van der Waals surface area (Å²) in [6.45, 7) is 3.48. The number of cyclic esters (lactones) is 1. The van der Waals surface area contributed by atoms with E-state index < -0.39 is 68.7 Å². The number of fused-ring (bicyclic) bond motifs is 1. The number of benzene rings is 1. The molecular formula is C30H30N6O8S2. The van der Waals surface area contributed by atoms with Crippen molar-refractivity contribution in [3.05, 3.63) is 54.4 Å². The van der Waals surface area contributed by atoms with Crippen LogP contribution in [0, 0.1) is 5.92 Å². The predicted octanol–water partition coefficient (Wildman–Crippen LogP) is 1.48. The summed E-state index contributed by atoms with van der Waals surface area (Å²) in [7, 11) is -3.87. The lowest BCUT2D eigenvalue weighted by molar-refractivity contribution is -0.141. The van der Waals surface area contributed by atoms with Crippen LogP contribution in [0.5, 0.6) is 5.88 Å². The molecule has 3 aromatic rings. The number of sulfonamides is 1. The predicted molar refractivity (Wildman–Crippen MR) is 165 cm³/mol. The monoisotopic (exact) mass is 666 g/mol. The largest absolute Gasteiger partial charge is 0.471 e. The first kappa shape index (κ1) is 30.1.